The summed E-state index contributed by atoms with van der Waals surface area (Å²) in [6.45, 7) is 11.1. The summed E-state index contributed by atoms with van der Waals surface area (Å²) in [5.74, 6) is 1.83. The quantitative estimate of drug-likeness (QED) is 0.570. The third kappa shape index (κ3) is 5.25. The molecule has 1 nitrogen and oxygen atoms in total. The Balaban J connectivity index is 0.000000461. The summed E-state index contributed by atoms with van der Waals surface area (Å²) in [6.07, 6.45) is 2.78. The lowest BCUT2D eigenvalue weighted by atomic mass is 9.97. The molecule has 0 spiro atoms. The van der Waals surface area contributed by atoms with Crippen LogP contribution in [0.15, 0.2) is 0 Å². The van der Waals surface area contributed by atoms with E-state index in [1.165, 1.54) is 25.9 Å². The van der Waals surface area contributed by atoms with Crippen LogP contribution in [0.2, 0.25) is 0 Å². The minimum Gasteiger partial charge on any atom is -0.316 e. The number of hydrogen-bond acceptors (Lipinski definition) is 1. The van der Waals surface area contributed by atoms with E-state index in [4.69, 9.17) is 0 Å². The van der Waals surface area contributed by atoms with Gasteiger partial charge in [0.05, 0.1) is 0 Å². The Morgan fingerprint density at radius 1 is 1.09 bits per heavy atom. The molecule has 1 heteroatoms. The van der Waals surface area contributed by atoms with E-state index < -0.39 is 0 Å². The van der Waals surface area contributed by atoms with Gasteiger partial charge in [0.1, 0.15) is 0 Å². The molecule has 1 N–H and O–H groups in total. The largest absolute Gasteiger partial charge is 0.316 e. The second kappa shape index (κ2) is 6.66. The summed E-state index contributed by atoms with van der Waals surface area (Å²) in [4.78, 5) is 0. The maximum Gasteiger partial charge on any atom is -0.00231 e. The molecule has 2 atom stereocenters. The van der Waals surface area contributed by atoms with Crippen LogP contribution in [0.4, 0.5) is 0 Å². The molecule has 11 heavy (non-hydrogen) atoms. The van der Waals surface area contributed by atoms with Gasteiger partial charge in [-0.3, -0.25) is 0 Å². The Morgan fingerprint density at radius 3 is 2.36 bits per heavy atom. The van der Waals surface area contributed by atoms with Crippen LogP contribution in [-0.2, 0) is 0 Å². The third-order valence-electron chi connectivity index (χ3n) is 2.11. The molecule has 0 amide bonds. The van der Waals surface area contributed by atoms with Gasteiger partial charge < -0.3 is 5.32 Å². The zero-order valence-corrected chi connectivity index (χ0v) is 8.48. The van der Waals surface area contributed by atoms with E-state index in [0.29, 0.717) is 0 Å². The van der Waals surface area contributed by atoms with E-state index in [0.717, 1.165) is 11.8 Å². The number of hydrogen-bond donors (Lipinski definition) is 1. The Kier molecular flexibility index (Phi) is 6.63. The van der Waals surface area contributed by atoms with Crippen LogP contribution < -0.4 is 5.32 Å². The van der Waals surface area contributed by atoms with E-state index >= 15 is 0 Å². The summed E-state index contributed by atoms with van der Waals surface area (Å²) >= 11 is 0. The van der Waals surface area contributed by atoms with Gasteiger partial charge in [0.2, 0.25) is 0 Å². The van der Waals surface area contributed by atoms with Gasteiger partial charge in [0.15, 0.2) is 0 Å². The minimum absolute atomic E-state index is 0.891. The van der Waals surface area contributed by atoms with E-state index in [1.54, 1.807) is 0 Å². The standard InChI is InChI=1S/C8H17N.C2H6/c1-7-3-4-9-6-8(2)5-7;1-2/h7-9H,3-6H2,1-2H3;1-2H3. The fraction of sp³-hybridized carbons (Fsp3) is 1.00. The van der Waals surface area contributed by atoms with E-state index in [9.17, 15) is 0 Å². The Morgan fingerprint density at radius 2 is 1.73 bits per heavy atom. The lowest BCUT2D eigenvalue weighted by Gasteiger charge is -2.09. The summed E-state index contributed by atoms with van der Waals surface area (Å²) < 4.78 is 0. The molecule has 1 saturated heterocycles. The van der Waals surface area contributed by atoms with Crippen molar-refractivity contribution in [2.45, 2.75) is 40.5 Å². The molecule has 68 valence electrons. The molecular formula is C10H23N. The van der Waals surface area contributed by atoms with Gasteiger partial charge in [-0.25, -0.2) is 0 Å². The third-order valence-corrected chi connectivity index (χ3v) is 2.11. The lowest BCUT2D eigenvalue weighted by molar-refractivity contribution is 0.440. The summed E-state index contributed by atoms with van der Waals surface area (Å²) in [5, 5.41) is 3.43. The van der Waals surface area contributed by atoms with Crippen molar-refractivity contribution in [2.75, 3.05) is 13.1 Å². The van der Waals surface area contributed by atoms with Crippen LogP contribution in [0.3, 0.4) is 0 Å². The van der Waals surface area contributed by atoms with Gasteiger partial charge in [-0.15, -0.1) is 0 Å². The molecule has 0 aromatic carbocycles. The molecule has 0 aromatic heterocycles. The molecule has 0 radical (unpaired) electrons. The predicted octanol–water partition coefficient (Wildman–Crippen LogP) is 2.67. The molecule has 2 unspecified atom stereocenters. The fourth-order valence-electron chi connectivity index (χ4n) is 1.58. The van der Waals surface area contributed by atoms with Gasteiger partial charge in [0, 0.05) is 0 Å². The predicted molar refractivity (Wildman–Crippen MR) is 51.8 cm³/mol. The molecule has 0 saturated carbocycles. The van der Waals surface area contributed by atoms with Crippen molar-refractivity contribution >= 4 is 0 Å². The molecule has 1 aliphatic rings. The molecule has 1 heterocycles. The molecule has 0 aromatic rings. The smallest absolute Gasteiger partial charge is 0.00231 e. The van der Waals surface area contributed by atoms with Crippen molar-refractivity contribution in [1.82, 2.24) is 5.32 Å². The summed E-state index contributed by atoms with van der Waals surface area (Å²) in [7, 11) is 0. The lowest BCUT2D eigenvalue weighted by Crippen LogP contribution is -2.18. The van der Waals surface area contributed by atoms with Crippen LogP contribution in [0, 0.1) is 11.8 Å². The Hall–Kier alpha value is -0.0400. The monoisotopic (exact) mass is 157 g/mol. The fourth-order valence-corrected chi connectivity index (χ4v) is 1.58. The molecular weight excluding hydrogens is 134 g/mol. The van der Waals surface area contributed by atoms with Crippen LogP contribution >= 0.6 is 0 Å². The van der Waals surface area contributed by atoms with E-state index in [1.807, 2.05) is 13.8 Å². The first-order valence-corrected chi connectivity index (χ1v) is 4.99. The highest BCUT2D eigenvalue weighted by Crippen LogP contribution is 2.16. The van der Waals surface area contributed by atoms with Crippen LogP contribution in [0.1, 0.15) is 40.5 Å². The molecule has 1 fully saturated rings. The first kappa shape index (κ1) is 11.0. The van der Waals surface area contributed by atoms with Gasteiger partial charge in [0.25, 0.3) is 0 Å². The highest BCUT2D eigenvalue weighted by molar-refractivity contribution is 4.67. The second-order valence-electron chi connectivity index (χ2n) is 3.44. The zero-order chi connectivity index (χ0) is 8.69. The summed E-state index contributed by atoms with van der Waals surface area (Å²) in [6, 6.07) is 0. The Labute approximate surface area is 71.6 Å². The molecule has 1 aliphatic heterocycles. The van der Waals surface area contributed by atoms with Gasteiger partial charge in [-0.2, -0.15) is 0 Å². The maximum atomic E-state index is 3.43. The van der Waals surface area contributed by atoms with Crippen molar-refractivity contribution < 1.29 is 0 Å². The topological polar surface area (TPSA) is 12.0 Å². The van der Waals surface area contributed by atoms with Crippen LogP contribution in [0.5, 0.6) is 0 Å². The first-order valence-electron chi connectivity index (χ1n) is 4.99. The number of nitrogens with one attached hydrogen (secondary N) is 1. The Bertz CT molecular complexity index is 70.9. The molecule has 0 bridgehead atoms. The first-order chi connectivity index (χ1) is 5.29. The SMILES string of the molecule is CC.CC1CCNCC(C)C1. The van der Waals surface area contributed by atoms with Crippen LogP contribution in [-0.4, -0.2) is 13.1 Å². The normalized spacial score (nSPS) is 31.6. The average molecular weight is 157 g/mol. The number of rotatable bonds is 0. The van der Waals surface area contributed by atoms with Crippen molar-refractivity contribution in [3.63, 3.8) is 0 Å². The average Bonchev–Trinajstić information content (AvgIpc) is 2.18. The van der Waals surface area contributed by atoms with Gasteiger partial charge >= 0.3 is 0 Å². The van der Waals surface area contributed by atoms with Crippen LogP contribution in [0.25, 0.3) is 0 Å². The zero-order valence-electron chi connectivity index (χ0n) is 8.48. The van der Waals surface area contributed by atoms with Crippen molar-refractivity contribution in [3.05, 3.63) is 0 Å². The van der Waals surface area contributed by atoms with Crippen molar-refractivity contribution in [3.8, 4) is 0 Å². The van der Waals surface area contributed by atoms with E-state index in [2.05, 4.69) is 19.2 Å². The highest BCUT2D eigenvalue weighted by Gasteiger charge is 2.11. The van der Waals surface area contributed by atoms with Crippen molar-refractivity contribution in [2.24, 2.45) is 11.8 Å². The van der Waals surface area contributed by atoms with E-state index in [-0.39, 0.29) is 0 Å². The van der Waals surface area contributed by atoms with Gasteiger partial charge in [-0.05, 0) is 37.8 Å². The minimum atomic E-state index is 0.891. The summed E-state index contributed by atoms with van der Waals surface area (Å²) in [5.41, 5.74) is 0. The molecule has 0 aliphatic carbocycles. The maximum absolute atomic E-state index is 3.43. The van der Waals surface area contributed by atoms with Crippen molar-refractivity contribution in [1.29, 1.82) is 0 Å². The highest BCUT2D eigenvalue weighted by atomic mass is 14.9. The second-order valence-corrected chi connectivity index (χ2v) is 3.44. The van der Waals surface area contributed by atoms with Gasteiger partial charge in [-0.1, -0.05) is 27.7 Å². The molecule has 1 rings (SSSR count).